The monoisotopic (exact) mass is 247 g/mol. The molecule has 0 aliphatic carbocycles. The van der Waals surface area contributed by atoms with Crippen LogP contribution in [0.15, 0.2) is 34.9 Å². The number of carboxylic acid groups (broad SMARTS) is 1. The van der Waals surface area contributed by atoms with Crippen molar-refractivity contribution in [2.75, 3.05) is 7.11 Å². The van der Waals surface area contributed by atoms with Gasteiger partial charge in [-0.2, -0.15) is 0 Å². The Hall–Kier alpha value is -2.30. The maximum absolute atomic E-state index is 10.5. The average molecular weight is 247 g/mol. The molecular weight excluding hydrogens is 234 g/mol. The predicted molar refractivity (Wildman–Crippen MR) is 64.4 cm³/mol. The molecule has 1 aromatic carbocycles. The minimum Gasteiger partial charge on any atom is -0.496 e. The fraction of sp³-hybridized carbons (Fsp3) is 0.231. The second-order valence-electron chi connectivity index (χ2n) is 3.78. The number of carboxylic acids is 1. The zero-order valence-corrected chi connectivity index (χ0v) is 9.92. The number of carbonyl (C=O) groups is 1. The van der Waals surface area contributed by atoms with E-state index in [0.29, 0.717) is 23.6 Å². The number of hydrogen-bond acceptors (Lipinski definition) is 4. The molecule has 2 rings (SSSR count). The number of aromatic nitrogens is 1. The van der Waals surface area contributed by atoms with Crippen LogP contribution in [0.25, 0.3) is 11.3 Å². The molecule has 0 saturated carbocycles. The largest absolute Gasteiger partial charge is 0.496 e. The Balaban J connectivity index is 2.21. The first-order valence-corrected chi connectivity index (χ1v) is 5.51. The highest BCUT2D eigenvalue weighted by atomic mass is 16.5. The number of benzene rings is 1. The van der Waals surface area contributed by atoms with Crippen LogP contribution in [0, 0.1) is 0 Å². The van der Waals surface area contributed by atoms with Crippen molar-refractivity contribution in [2.45, 2.75) is 12.8 Å². The Morgan fingerprint density at radius 3 is 2.94 bits per heavy atom. The van der Waals surface area contributed by atoms with E-state index in [0.717, 1.165) is 5.56 Å². The first kappa shape index (κ1) is 12.2. The van der Waals surface area contributed by atoms with Gasteiger partial charge in [0.25, 0.3) is 0 Å². The molecule has 0 radical (unpaired) electrons. The molecule has 0 aliphatic rings. The van der Waals surface area contributed by atoms with Crippen molar-refractivity contribution in [3.8, 4) is 17.1 Å². The van der Waals surface area contributed by atoms with Crippen LogP contribution in [-0.4, -0.2) is 23.3 Å². The first-order valence-electron chi connectivity index (χ1n) is 5.51. The Morgan fingerprint density at radius 1 is 1.44 bits per heavy atom. The summed E-state index contributed by atoms with van der Waals surface area (Å²) < 4.78 is 10.4. The minimum atomic E-state index is -0.850. The smallest absolute Gasteiger partial charge is 0.303 e. The zero-order valence-electron chi connectivity index (χ0n) is 9.92. The second kappa shape index (κ2) is 5.35. The van der Waals surface area contributed by atoms with Crippen LogP contribution < -0.4 is 4.74 Å². The number of nitrogens with zero attached hydrogens (tertiary/aromatic N) is 1. The lowest BCUT2D eigenvalue weighted by Gasteiger charge is -2.03. The molecule has 0 amide bonds. The molecule has 1 N–H and O–H groups in total. The lowest BCUT2D eigenvalue weighted by molar-refractivity contribution is -0.136. The predicted octanol–water partition coefficient (Wildman–Crippen LogP) is 2.37. The van der Waals surface area contributed by atoms with Crippen molar-refractivity contribution in [3.05, 3.63) is 36.0 Å². The van der Waals surface area contributed by atoms with Crippen molar-refractivity contribution >= 4 is 5.97 Å². The van der Waals surface area contributed by atoms with Crippen LogP contribution in [0.2, 0.25) is 0 Å². The normalized spacial score (nSPS) is 10.3. The van der Waals surface area contributed by atoms with Gasteiger partial charge in [0, 0.05) is 12.5 Å². The van der Waals surface area contributed by atoms with Gasteiger partial charge in [-0.3, -0.25) is 4.79 Å². The van der Waals surface area contributed by atoms with Crippen molar-refractivity contribution in [3.63, 3.8) is 0 Å². The molecule has 5 heteroatoms. The Bertz CT molecular complexity index is 547. The molecule has 0 spiro atoms. The summed E-state index contributed by atoms with van der Waals surface area (Å²) in [6.45, 7) is 0. The van der Waals surface area contributed by atoms with Crippen LogP contribution in [0.3, 0.4) is 0 Å². The third-order valence-electron chi connectivity index (χ3n) is 2.53. The van der Waals surface area contributed by atoms with Gasteiger partial charge in [-0.05, 0) is 12.1 Å². The molecule has 1 heterocycles. The molecule has 5 nitrogen and oxygen atoms in total. The summed E-state index contributed by atoms with van der Waals surface area (Å²) in [5.74, 6) is 0.420. The maximum Gasteiger partial charge on any atom is 0.303 e. The molecule has 0 unspecified atom stereocenters. The van der Waals surface area contributed by atoms with Gasteiger partial charge in [0.05, 0.1) is 24.8 Å². The van der Waals surface area contributed by atoms with Crippen molar-refractivity contribution < 1.29 is 19.2 Å². The van der Waals surface area contributed by atoms with Crippen molar-refractivity contribution in [2.24, 2.45) is 0 Å². The van der Waals surface area contributed by atoms with Crippen molar-refractivity contribution in [1.82, 2.24) is 5.16 Å². The average Bonchev–Trinajstić information content (AvgIpc) is 2.85. The van der Waals surface area contributed by atoms with Gasteiger partial charge < -0.3 is 14.4 Å². The van der Waals surface area contributed by atoms with Gasteiger partial charge in [0.2, 0.25) is 0 Å². The highest BCUT2D eigenvalue weighted by Gasteiger charge is 2.11. The van der Waals surface area contributed by atoms with E-state index in [4.69, 9.17) is 14.4 Å². The van der Waals surface area contributed by atoms with E-state index in [1.807, 2.05) is 24.3 Å². The second-order valence-corrected chi connectivity index (χ2v) is 3.78. The maximum atomic E-state index is 10.5. The standard InChI is InChI=1S/C13H13NO4/c1-17-11-5-3-2-4-10(11)12-8-9(14-18-12)6-7-13(15)16/h2-5,8H,6-7H2,1H3,(H,15,16). The number of aliphatic carboxylic acids is 1. The Morgan fingerprint density at radius 2 is 2.22 bits per heavy atom. The Labute approximate surface area is 104 Å². The molecule has 0 bridgehead atoms. The summed E-state index contributed by atoms with van der Waals surface area (Å²) in [7, 11) is 1.58. The number of aryl methyl sites for hydroxylation is 1. The lowest BCUT2D eigenvalue weighted by atomic mass is 10.1. The third-order valence-corrected chi connectivity index (χ3v) is 2.53. The number of hydrogen-bond donors (Lipinski definition) is 1. The summed E-state index contributed by atoms with van der Waals surface area (Å²) in [5, 5.41) is 12.4. The molecule has 0 fully saturated rings. The highest BCUT2D eigenvalue weighted by Crippen LogP contribution is 2.30. The van der Waals surface area contributed by atoms with Gasteiger partial charge in [0.1, 0.15) is 5.75 Å². The topological polar surface area (TPSA) is 72.6 Å². The van der Waals surface area contributed by atoms with E-state index >= 15 is 0 Å². The first-order chi connectivity index (χ1) is 8.70. The molecule has 0 aliphatic heterocycles. The molecule has 2 aromatic rings. The zero-order chi connectivity index (χ0) is 13.0. The molecule has 1 aromatic heterocycles. The fourth-order valence-corrected chi connectivity index (χ4v) is 1.64. The molecular formula is C13H13NO4. The van der Waals surface area contributed by atoms with Gasteiger partial charge in [-0.25, -0.2) is 0 Å². The van der Waals surface area contributed by atoms with Crippen LogP contribution >= 0.6 is 0 Å². The molecule has 18 heavy (non-hydrogen) atoms. The summed E-state index contributed by atoms with van der Waals surface area (Å²) in [6, 6.07) is 9.16. The van der Waals surface area contributed by atoms with Crippen LogP contribution in [0.5, 0.6) is 5.75 Å². The summed E-state index contributed by atoms with van der Waals surface area (Å²) >= 11 is 0. The third kappa shape index (κ3) is 2.68. The quantitative estimate of drug-likeness (QED) is 0.878. The van der Waals surface area contributed by atoms with E-state index in [1.54, 1.807) is 13.2 Å². The molecule has 0 atom stereocenters. The summed E-state index contributed by atoms with van der Waals surface area (Å²) in [4.78, 5) is 10.5. The van der Waals surface area contributed by atoms with E-state index in [1.165, 1.54) is 0 Å². The van der Waals surface area contributed by atoms with Gasteiger partial charge in [-0.1, -0.05) is 17.3 Å². The lowest BCUT2D eigenvalue weighted by Crippen LogP contribution is -1.97. The number of rotatable bonds is 5. The Kier molecular flexibility index (Phi) is 3.62. The van der Waals surface area contributed by atoms with Crippen molar-refractivity contribution in [1.29, 1.82) is 0 Å². The fourth-order valence-electron chi connectivity index (χ4n) is 1.64. The number of ether oxygens (including phenoxy) is 1. The highest BCUT2D eigenvalue weighted by molar-refractivity contribution is 5.68. The van der Waals surface area contributed by atoms with E-state index in [-0.39, 0.29) is 6.42 Å². The van der Waals surface area contributed by atoms with E-state index in [9.17, 15) is 4.79 Å². The summed E-state index contributed by atoms with van der Waals surface area (Å²) in [6.07, 6.45) is 0.395. The van der Waals surface area contributed by atoms with Crippen LogP contribution in [0.4, 0.5) is 0 Å². The minimum absolute atomic E-state index is 0.0396. The van der Waals surface area contributed by atoms with Gasteiger partial charge >= 0.3 is 5.97 Å². The molecule has 94 valence electrons. The van der Waals surface area contributed by atoms with E-state index < -0.39 is 5.97 Å². The number of para-hydroxylation sites is 1. The van der Waals surface area contributed by atoms with E-state index in [2.05, 4.69) is 5.16 Å². The van der Waals surface area contributed by atoms with Gasteiger partial charge in [0.15, 0.2) is 5.76 Å². The number of methoxy groups -OCH3 is 1. The SMILES string of the molecule is COc1ccccc1-c1cc(CCC(=O)O)no1. The summed E-state index contributed by atoms with van der Waals surface area (Å²) in [5.41, 5.74) is 1.42. The van der Waals surface area contributed by atoms with Gasteiger partial charge in [-0.15, -0.1) is 0 Å². The molecule has 0 saturated heterocycles. The van der Waals surface area contributed by atoms with Crippen LogP contribution in [-0.2, 0) is 11.2 Å². The van der Waals surface area contributed by atoms with Crippen LogP contribution in [0.1, 0.15) is 12.1 Å².